The van der Waals surface area contributed by atoms with Crippen molar-refractivity contribution >= 4 is 28.3 Å². The third-order valence-electron chi connectivity index (χ3n) is 3.63. The molecule has 4 heteroatoms. The van der Waals surface area contributed by atoms with Gasteiger partial charge in [-0.3, -0.25) is 0 Å². The van der Waals surface area contributed by atoms with E-state index in [0.29, 0.717) is 0 Å². The standard InChI is InChI=1S/C16H19N3S/c1-19(2)8-3-4-15-14-6-5-12(10-16(14)18-17-15)13-7-9-20-11-13/h5-7,9,11H,3-4,8,10H2,1-2H3. The van der Waals surface area contributed by atoms with Crippen LogP contribution in [0.5, 0.6) is 0 Å². The molecule has 1 aromatic rings. The van der Waals surface area contributed by atoms with Crippen LogP contribution in [-0.2, 0) is 0 Å². The van der Waals surface area contributed by atoms with Crippen LogP contribution in [0.1, 0.15) is 24.8 Å². The lowest BCUT2D eigenvalue weighted by atomic mass is 9.90. The van der Waals surface area contributed by atoms with Gasteiger partial charge in [0.25, 0.3) is 0 Å². The highest BCUT2D eigenvalue weighted by atomic mass is 32.1. The molecule has 3 nitrogen and oxygen atoms in total. The molecular formula is C16H19N3S. The SMILES string of the molecule is CN(C)CCCC1=NN=C2CC(c3ccsc3)=CC=C12. The number of fused-ring (bicyclic) bond motifs is 1. The Bertz CT molecular complexity index is 604. The van der Waals surface area contributed by atoms with Gasteiger partial charge in [0.05, 0.1) is 11.4 Å². The Morgan fingerprint density at radius 2 is 2.15 bits per heavy atom. The van der Waals surface area contributed by atoms with Crippen LogP contribution in [0.4, 0.5) is 0 Å². The van der Waals surface area contributed by atoms with E-state index < -0.39 is 0 Å². The average molecular weight is 285 g/mol. The van der Waals surface area contributed by atoms with Gasteiger partial charge in [0.15, 0.2) is 0 Å². The first-order valence-corrected chi connectivity index (χ1v) is 7.90. The minimum absolute atomic E-state index is 0.906. The number of allylic oxidation sites excluding steroid dienone is 4. The Labute approximate surface area is 124 Å². The summed E-state index contributed by atoms with van der Waals surface area (Å²) < 4.78 is 0. The largest absolute Gasteiger partial charge is 0.309 e. The van der Waals surface area contributed by atoms with Crippen molar-refractivity contribution in [2.45, 2.75) is 19.3 Å². The monoisotopic (exact) mass is 285 g/mol. The molecule has 3 rings (SSSR count). The minimum atomic E-state index is 0.906. The van der Waals surface area contributed by atoms with Crippen molar-refractivity contribution in [3.05, 3.63) is 40.1 Å². The van der Waals surface area contributed by atoms with Crippen LogP contribution < -0.4 is 0 Å². The Morgan fingerprint density at radius 3 is 2.90 bits per heavy atom. The van der Waals surface area contributed by atoms with Crippen molar-refractivity contribution in [3.8, 4) is 0 Å². The number of nitrogens with zero attached hydrogens (tertiary/aromatic N) is 3. The fourth-order valence-corrected chi connectivity index (χ4v) is 3.21. The van der Waals surface area contributed by atoms with E-state index in [2.05, 4.69) is 58.2 Å². The molecule has 0 unspecified atom stereocenters. The number of hydrogen-bond acceptors (Lipinski definition) is 4. The quantitative estimate of drug-likeness (QED) is 0.812. The summed E-state index contributed by atoms with van der Waals surface area (Å²) in [4.78, 5) is 2.21. The maximum Gasteiger partial charge on any atom is 0.0765 e. The molecule has 1 aliphatic carbocycles. The predicted molar refractivity (Wildman–Crippen MR) is 87.7 cm³/mol. The Balaban J connectivity index is 1.69. The lowest BCUT2D eigenvalue weighted by molar-refractivity contribution is 0.404. The van der Waals surface area contributed by atoms with Crippen LogP contribution in [0.3, 0.4) is 0 Å². The summed E-state index contributed by atoms with van der Waals surface area (Å²) in [6.07, 6.45) is 7.47. The molecule has 0 amide bonds. The Morgan fingerprint density at radius 1 is 1.25 bits per heavy atom. The smallest absolute Gasteiger partial charge is 0.0765 e. The van der Waals surface area contributed by atoms with Crippen molar-refractivity contribution in [1.82, 2.24) is 4.90 Å². The van der Waals surface area contributed by atoms with E-state index in [1.165, 1.54) is 16.7 Å². The van der Waals surface area contributed by atoms with E-state index in [-0.39, 0.29) is 0 Å². The van der Waals surface area contributed by atoms with Crippen LogP contribution in [0.2, 0.25) is 0 Å². The van der Waals surface area contributed by atoms with E-state index >= 15 is 0 Å². The van der Waals surface area contributed by atoms with Crippen molar-refractivity contribution in [2.75, 3.05) is 20.6 Å². The van der Waals surface area contributed by atoms with Crippen LogP contribution in [0, 0.1) is 0 Å². The minimum Gasteiger partial charge on any atom is -0.309 e. The fraction of sp³-hybridized carbons (Fsp3) is 0.375. The third kappa shape index (κ3) is 2.81. The maximum atomic E-state index is 4.38. The maximum absolute atomic E-state index is 4.38. The highest BCUT2D eigenvalue weighted by Gasteiger charge is 2.23. The molecule has 2 aliphatic rings. The second kappa shape index (κ2) is 5.85. The lowest BCUT2D eigenvalue weighted by Gasteiger charge is -2.14. The van der Waals surface area contributed by atoms with E-state index in [1.54, 1.807) is 11.3 Å². The molecule has 0 N–H and O–H groups in total. The Hall–Kier alpha value is -1.52. The van der Waals surface area contributed by atoms with E-state index in [0.717, 1.165) is 37.2 Å². The van der Waals surface area contributed by atoms with Crippen molar-refractivity contribution < 1.29 is 0 Å². The zero-order valence-corrected chi connectivity index (χ0v) is 12.8. The van der Waals surface area contributed by atoms with Crippen molar-refractivity contribution in [1.29, 1.82) is 0 Å². The van der Waals surface area contributed by atoms with E-state index in [9.17, 15) is 0 Å². The lowest BCUT2D eigenvalue weighted by Crippen LogP contribution is -2.16. The average Bonchev–Trinajstić information content (AvgIpc) is 3.07. The molecule has 1 aliphatic heterocycles. The number of rotatable bonds is 5. The highest BCUT2D eigenvalue weighted by Crippen LogP contribution is 2.30. The van der Waals surface area contributed by atoms with Gasteiger partial charge in [-0.15, -0.1) is 0 Å². The van der Waals surface area contributed by atoms with Gasteiger partial charge < -0.3 is 4.90 Å². The highest BCUT2D eigenvalue weighted by molar-refractivity contribution is 7.08. The Kier molecular flexibility index (Phi) is 3.94. The normalized spacial score (nSPS) is 17.6. The molecule has 0 aromatic carbocycles. The summed E-state index contributed by atoms with van der Waals surface area (Å²) >= 11 is 1.74. The van der Waals surface area contributed by atoms with Crippen LogP contribution in [-0.4, -0.2) is 37.0 Å². The van der Waals surface area contributed by atoms with Gasteiger partial charge >= 0.3 is 0 Å². The van der Waals surface area contributed by atoms with Crippen molar-refractivity contribution in [3.63, 3.8) is 0 Å². The summed E-state index contributed by atoms with van der Waals surface area (Å²) in [5, 5.41) is 13.1. The molecule has 0 radical (unpaired) electrons. The first-order valence-electron chi connectivity index (χ1n) is 6.96. The first-order chi connectivity index (χ1) is 9.74. The number of hydrogen-bond donors (Lipinski definition) is 0. The first kappa shape index (κ1) is 13.5. The molecule has 2 heterocycles. The van der Waals surface area contributed by atoms with Gasteiger partial charge in [-0.2, -0.15) is 21.5 Å². The zero-order chi connectivity index (χ0) is 13.9. The van der Waals surface area contributed by atoms with Gasteiger partial charge in [0, 0.05) is 12.0 Å². The number of thiophene rings is 1. The molecule has 0 fully saturated rings. The van der Waals surface area contributed by atoms with Gasteiger partial charge in [0.1, 0.15) is 0 Å². The second-order valence-electron chi connectivity index (χ2n) is 5.46. The molecule has 0 atom stereocenters. The second-order valence-corrected chi connectivity index (χ2v) is 6.24. The predicted octanol–water partition coefficient (Wildman–Crippen LogP) is 3.61. The third-order valence-corrected chi connectivity index (χ3v) is 4.32. The summed E-state index contributed by atoms with van der Waals surface area (Å²) in [6, 6.07) is 2.17. The van der Waals surface area contributed by atoms with Gasteiger partial charge in [-0.1, -0.05) is 12.2 Å². The molecule has 104 valence electrons. The van der Waals surface area contributed by atoms with Gasteiger partial charge in [-0.25, -0.2) is 0 Å². The summed E-state index contributed by atoms with van der Waals surface area (Å²) in [5.74, 6) is 0. The zero-order valence-electron chi connectivity index (χ0n) is 12.0. The van der Waals surface area contributed by atoms with Crippen LogP contribution in [0.25, 0.3) is 5.57 Å². The molecule has 0 saturated heterocycles. The van der Waals surface area contributed by atoms with Gasteiger partial charge in [-0.05, 0) is 61.4 Å². The summed E-state index contributed by atoms with van der Waals surface area (Å²) in [7, 11) is 4.21. The van der Waals surface area contributed by atoms with Crippen LogP contribution in [0.15, 0.2) is 44.8 Å². The molecule has 0 saturated carbocycles. The fourth-order valence-electron chi connectivity index (χ4n) is 2.53. The summed E-state index contributed by atoms with van der Waals surface area (Å²) in [5.41, 5.74) is 6.20. The van der Waals surface area contributed by atoms with Crippen molar-refractivity contribution in [2.24, 2.45) is 10.2 Å². The molecular weight excluding hydrogens is 266 g/mol. The van der Waals surface area contributed by atoms with Crippen LogP contribution >= 0.6 is 11.3 Å². The molecule has 0 spiro atoms. The van der Waals surface area contributed by atoms with E-state index in [4.69, 9.17) is 0 Å². The van der Waals surface area contributed by atoms with E-state index in [1.807, 2.05) is 0 Å². The van der Waals surface area contributed by atoms with Gasteiger partial charge in [0.2, 0.25) is 0 Å². The molecule has 20 heavy (non-hydrogen) atoms. The summed E-state index contributed by atoms with van der Waals surface area (Å²) in [6.45, 7) is 1.09. The molecule has 0 bridgehead atoms. The molecule has 1 aromatic heterocycles. The topological polar surface area (TPSA) is 28.0 Å².